The molecule has 2 aliphatic heterocycles. The van der Waals surface area contributed by atoms with Crippen LogP contribution in [0.2, 0.25) is 0 Å². The van der Waals surface area contributed by atoms with E-state index in [0.717, 1.165) is 24.9 Å². The van der Waals surface area contributed by atoms with Crippen molar-refractivity contribution in [3.8, 4) is 0 Å². The Labute approximate surface area is 146 Å². The highest BCUT2D eigenvalue weighted by Crippen LogP contribution is 2.40. The molecule has 1 atom stereocenters. The number of urea groups is 1. The molecule has 7 nitrogen and oxygen atoms in total. The van der Waals surface area contributed by atoms with Crippen molar-refractivity contribution in [1.82, 2.24) is 5.32 Å². The summed E-state index contributed by atoms with van der Waals surface area (Å²) in [6.45, 7) is 1.49. The van der Waals surface area contributed by atoms with E-state index < -0.39 is 0 Å². The van der Waals surface area contributed by atoms with E-state index in [-0.39, 0.29) is 23.8 Å². The first-order valence-electron chi connectivity index (χ1n) is 8.89. The van der Waals surface area contributed by atoms with Gasteiger partial charge in [-0.05, 0) is 37.5 Å². The lowest BCUT2D eigenvalue weighted by Gasteiger charge is -2.21. The monoisotopic (exact) mass is 345 g/mol. The summed E-state index contributed by atoms with van der Waals surface area (Å²) in [5.74, 6) is 0. The largest absolute Gasteiger partial charge is 0.447 e. The number of nitrogens with zero attached hydrogens (tertiary/aromatic N) is 1. The minimum Gasteiger partial charge on any atom is -0.447 e. The van der Waals surface area contributed by atoms with E-state index in [1.165, 1.54) is 12.8 Å². The summed E-state index contributed by atoms with van der Waals surface area (Å²) in [5, 5.41) is 5.84. The second kappa shape index (κ2) is 6.55. The normalized spacial score (nSPS) is 24.6. The number of carbonyl (C=O) groups excluding carboxylic acids is 2. The molecule has 1 spiro atoms. The van der Waals surface area contributed by atoms with Crippen molar-refractivity contribution in [2.45, 2.75) is 43.7 Å². The fraction of sp³-hybridized carbons (Fsp3) is 0.556. The van der Waals surface area contributed by atoms with Crippen LogP contribution in [0.25, 0.3) is 0 Å². The van der Waals surface area contributed by atoms with E-state index in [2.05, 4.69) is 10.6 Å². The van der Waals surface area contributed by atoms with Crippen LogP contribution >= 0.6 is 0 Å². The Morgan fingerprint density at radius 3 is 2.88 bits per heavy atom. The van der Waals surface area contributed by atoms with Gasteiger partial charge in [-0.15, -0.1) is 0 Å². The molecule has 1 saturated carbocycles. The van der Waals surface area contributed by atoms with Crippen LogP contribution in [0.3, 0.4) is 0 Å². The number of nitrogens with one attached hydrogen (secondary N) is 2. The average Bonchev–Trinajstić information content (AvgIpc) is 3.31. The highest BCUT2D eigenvalue weighted by Gasteiger charge is 2.42. The highest BCUT2D eigenvalue weighted by molar-refractivity contribution is 5.93. The van der Waals surface area contributed by atoms with Gasteiger partial charge in [0, 0.05) is 11.4 Å². The molecule has 0 bridgehead atoms. The van der Waals surface area contributed by atoms with Crippen molar-refractivity contribution in [2.24, 2.45) is 0 Å². The topological polar surface area (TPSA) is 79.9 Å². The van der Waals surface area contributed by atoms with Crippen molar-refractivity contribution in [1.29, 1.82) is 0 Å². The van der Waals surface area contributed by atoms with Crippen LogP contribution in [0.15, 0.2) is 24.3 Å². The van der Waals surface area contributed by atoms with Crippen LogP contribution in [-0.2, 0) is 9.47 Å². The molecular formula is C18H23N3O4. The first-order chi connectivity index (χ1) is 12.1. The molecule has 134 valence electrons. The first kappa shape index (κ1) is 16.2. The second-order valence-corrected chi connectivity index (χ2v) is 7.02. The van der Waals surface area contributed by atoms with Crippen molar-refractivity contribution in [2.75, 3.05) is 30.0 Å². The molecule has 1 aromatic carbocycles. The summed E-state index contributed by atoms with van der Waals surface area (Å²) in [7, 11) is 0. The van der Waals surface area contributed by atoms with Crippen LogP contribution in [0.5, 0.6) is 0 Å². The average molecular weight is 345 g/mol. The Morgan fingerprint density at radius 1 is 1.28 bits per heavy atom. The molecule has 2 saturated heterocycles. The Kier molecular flexibility index (Phi) is 4.25. The molecule has 1 aromatic rings. The third-order valence-corrected chi connectivity index (χ3v) is 5.24. The number of rotatable bonds is 3. The van der Waals surface area contributed by atoms with Crippen molar-refractivity contribution in [3.05, 3.63) is 24.3 Å². The van der Waals surface area contributed by atoms with Gasteiger partial charge in [0.15, 0.2) is 0 Å². The number of hydrogen-bond acceptors (Lipinski definition) is 4. The van der Waals surface area contributed by atoms with E-state index >= 15 is 0 Å². The molecule has 3 fully saturated rings. The summed E-state index contributed by atoms with van der Waals surface area (Å²) in [4.78, 5) is 25.5. The number of carbonyl (C=O) groups is 2. The summed E-state index contributed by atoms with van der Waals surface area (Å²) < 4.78 is 10.9. The Hall–Kier alpha value is -2.28. The Balaban J connectivity index is 1.34. The molecule has 2 N–H and O–H groups in total. The summed E-state index contributed by atoms with van der Waals surface area (Å²) in [6.07, 6.45) is 5.16. The molecule has 25 heavy (non-hydrogen) atoms. The third kappa shape index (κ3) is 3.42. The van der Waals surface area contributed by atoms with Crippen LogP contribution in [0.1, 0.15) is 32.1 Å². The maximum atomic E-state index is 12.3. The molecule has 0 aromatic heterocycles. The van der Waals surface area contributed by atoms with Crippen molar-refractivity contribution >= 4 is 23.5 Å². The number of benzene rings is 1. The summed E-state index contributed by atoms with van der Waals surface area (Å²) in [5.41, 5.74) is 1.35. The van der Waals surface area contributed by atoms with E-state index in [9.17, 15) is 9.59 Å². The third-order valence-electron chi connectivity index (χ3n) is 5.24. The van der Waals surface area contributed by atoms with E-state index in [1.54, 1.807) is 17.0 Å². The Morgan fingerprint density at radius 2 is 2.12 bits per heavy atom. The first-order valence-corrected chi connectivity index (χ1v) is 8.89. The molecule has 4 rings (SSSR count). The van der Waals surface area contributed by atoms with Crippen LogP contribution in [0.4, 0.5) is 21.0 Å². The lowest BCUT2D eigenvalue weighted by atomic mass is 9.96. The maximum Gasteiger partial charge on any atom is 0.414 e. The standard InChI is InChI=1S/C18H23N3O4/c22-16(20-14-11-18(25-12-14)6-1-2-7-18)19-13-4-3-5-15(10-13)21-8-9-24-17(21)23/h3-5,10,14H,1-2,6-9,11-12H2,(H2,19,20,22). The summed E-state index contributed by atoms with van der Waals surface area (Å²) >= 11 is 0. The predicted molar refractivity (Wildman–Crippen MR) is 92.8 cm³/mol. The number of cyclic esters (lactones) is 1. The zero-order valence-electron chi connectivity index (χ0n) is 14.1. The van der Waals surface area contributed by atoms with E-state index in [1.807, 2.05) is 12.1 Å². The van der Waals surface area contributed by atoms with E-state index in [4.69, 9.17) is 9.47 Å². The number of anilines is 2. The van der Waals surface area contributed by atoms with Gasteiger partial charge >= 0.3 is 12.1 Å². The van der Waals surface area contributed by atoms with Gasteiger partial charge in [-0.1, -0.05) is 18.9 Å². The fourth-order valence-corrected chi connectivity index (χ4v) is 4.04. The highest BCUT2D eigenvalue weighted by atomic mass is 16.6. The number of ether oxygens (including phenoxy) is 2. The van der Waals surface area contributed by atoms with Crippen molar-refractivity contribution in [3.63, 3.8) is 0 Å². The van der Waals surface area contributed by atoms with Crippen LogP contribution < -0.4 is 15.5 Å². The van der Waals surface area contributed by atoms with E-state index in [0.29, 0.717) is 25.4 Å². The minimum atomic E-state index is -0.355. The van der Waals surface area contributed by atoms with Crippen LogP contribution in [-0.4, -0.2) is 43.5 Å². The molecule has 1 aliphatic carbocycles. The molecule has 7 heteroatoms. The Bertz CT molecular complexity index is 672. The molecule has 3 aliphatic rings. The van der Waals surface area contributed by atoms with Gasteiger partial charge in [0.25, 0.3) is 0 Å². The smallest absolute Gasteiger partial charge is 0.414 e. The fourth-order valence-electron chi connectivity index (χ4n) is 4.04. The van der Waals surface area contributed by atoms with Gasteiger partial charge in [-0.25, -0.2) is 9.59 Å². The van der Waals surface area contributed by atoms with Gasteiger partial charge < -0.3 is 20.1 Å². The predicted octanol–water partition coefficient (Wildman–Crippen LogP) is 2.87. The molecule has 1 unspecified atom stereocenters. The lowest BCUT2D eigenvalue weighted by molar-refractivity contribution is 0.00998. The zero-order valence-corrected chi connectivity index (χ0v) is 14.1. The molecule has 2 heterocycles. The van der Waals surface area contributed by atoms with Gasteiger partial charge in [-0.2, -0.15) is 0 Å². The molecule has 0 radical (unpaired) electrons. The maximum absolute atomic E-state index is 12.3. The molecular weight excluding hydrogens is 322 g/mol. The second-order valence-electron chi connectivity index (χ2n) is 7.02. The van der Waals surface area contributed by atoms with Gasteiger partial charge in [0.2, 0.25) is 0 Å². The van der Waals surface area contributed by atoms with Crippen LogP contribution in [0, 0.1) is 0 Å². The molecule has 3 amide bonds. The van der Waals surface area contributed by atoms with Crippen molar-refractivity contribution < 1.29 is 19.1 Å². The lowest BCUT2D eigenvalue weighted by Crippen LogP contribution is -2.39. The number of amides is 3. The van der Waals surface area contributed by atoms with Gasteiger partial charge in [0.05, 0.1) is 24.8 Å². The quantitative estimate of drug-likeness (QED) is 0.883. The minimum absolute atomic E-state index is 0.00597. The van der Waals surface area contributed by atoms with Gasteiger partial charge in [-0.3, -0.25) is 4.90 Å². The van der Waals surface area contributed by atoms with Gasteiger partial charge in [0.1, 0.15) is 6.61 Å². The number of hydrogen-bond donors (Lipinski definition) is 2. The zero-order chi connectivity index (χ0) is 17.3. The summed E-state index contributed by atoms with van der Waals surface area (Å²) in [6, 6.07) is 7.01. The SMILES string of the molecule is O=C(Nc1cccc(N2CCOC2=O)c1)NC1COC2(CCCC2)C1.